The van der Waals surface area contributed by atoms with E-state index < -0.39 is 102 Å². The summed E-state index contributed by atoms with van der Waals surface area (Å²) < 4.78 is 121. The minimum absolute atomic E-state index is 0.106. The maximum absolute atomic E-state index is 18.3. The molecule has 4 aromatic carbocycles. The second kappa shape index (κ2) is 21.2. The molecule has 0 spiro atoms. The summed E-state index contributed by atoms with van der Waals surface area (Å²) in [6.07, 6.45) is -12.7. The molecule has 1 N–H and O–H groups in total. The van der Waals surface area contributed by atoms with Crippen LogP contribution < -0.4 is 9.78 Å². The van der Waals surface area contributed by atoms with Crippen molar-refractivity contribution in [1.82, 2.24) is 5.32 Å². The third-order valence-corrected chi connectivity index (χ3v) is 12.0. The van der Waals surface area contributed by atoms with Crippen molar-refractivity contribution < 1.29 is 73.8 Å². The van der Waals surface area contributed by atoms with Crippen LogP contribution in [-0.4, -0.2) is 81.2 Å². The van der Waals surface area contributed by atoms with Crippen LogP contribution in [0.15, 0.2) is 121 Å². The maximum atomic E-state index is 18.3. The summed E-state index contributed by atoms with van der Waals surface area (Å²) >= 11 is -1.24. The topological polar surface area (TPSA) is 154 Å². The van der Waals surface area contributed by atoms with Crippen LogP contribution in [-0.2, 0) is 76.0 Å². The van der Waals surface area contributed by atoms with Gasteiger partial charge >= 0.3 is 344 Å². The van der Waals surface area contributed by atoms with Crippen LogP contribution in [0.3, 0.4) is 0 Å². The molecule has 1 saturated heterocycles. The Hall–Kier alpha value is -4.48. The summed E-state index contributed by atoms with van der Waals surface area (Å²) in [6.45, 7) is 0.0449. The quantitative estimate of drug-likeness (QED) is 0.0292. The number of benzene rings is 4. The van der Waals surface area contributed by atoms with Crippen LogP contribution in [0.25, 0.3) is 0 Å². The fourth-order valence-corrected chi connectivity index (χ4v) is 9.10. The Morgan fingerprint density at radius 2 is 1.27 bits per heavy atom. The van der Waals surface area contributed by atoms with E-state index in [0.29, 0.717) is 21.2 Å². The number of nitrogens with one attached hydrogen (secondary N) is 1. The first-order valence-electron chi connectivity index (χ1n) is 17.8. The van der Waals surface area contributed by atoms with Crippen LogP contribution in [0.1, 0.15) is 30.5 Å². The molecule has 0 aromatic heterocycles. The van der Waals surface area contributed by atoms with E-state index in [1.54, 1.807) is 127 Å². The molecule has 1 aliphatic heterocycles. The molecular weight excluding hydrogens is 872 g/mol. The predicted octanol–water partition coefficient (Wildman–Crippen LogP) is 6.02. The number of alkyl halides is 4. The van der Waals surface area contributed by atoms with Crippen molar-refractivity contribution >= 4 is 45.1 Å². The Morgan fingerprint density at radius 3 is 1.75 bits per heavy atom. The first-order valence-corrected chi connectivity index (χ1v) is 21.1. The number of phosphoric acid groups is 1. The van der Waals surface area contributed by atoms with Crippen molar-refractivity contribution in [3.05, 3.63) is 138 Å². The summed E-state index contributed by atoms with van der Waals surface area (Å²) in [5.41, 5.74) is 1.56. The van der Waals surface area contributed by atoms with Crippen molar-refractivity contribution in [3.63, 3.8) is 0 Å². The third kappa shape index (κ3) is 13.5. The number of ether oxygens (including phenoxy) is 5. The molecule has 4 aromatic rings. The molecule has 0 aliphatic carbocycles. The Balaban J connectivity index is 1.62. The van der Waals surface area contributed by atoms with Gasteiger partial charge in [-0.25, -0.2) is 0 Å². The van der Waals surface area contributed by atoms with Gasteiger partial charge in [0.15, 0.2) is 0 Å². The zero-order chi connectivity index (χ0) is 42.5. The molecule has 1 unspecified atom stereocenters. The standard InChI is InChI=1S/C40H40F4NO12PSe/c1-27(46)54-35-34(51-26-50-23-29-15-7-3-8-16-29)33(45-37(48)40(42,43)44)36(56-39(35,41)38(55-28(2)47)59-32-21-13-6-14-22-32)57-58(49,52-24-30-17-9-4-10-18-30)53-25-31-19-11-5-12-20-31/h3-22,33-36,38H,23-26H2,1-2H3,(H,45,48)/t33-,34-,35+,36-,38?,39+/m1/s1. The van der Waals surface area contributed by atoms with E-state index in [2.05, 4.69) is 0 Å². The van der Waals surface area contributed by atoms with Gasteiger partial charge in [-0.2, -0.15) is 0 Å². The average molecular weight is 913 g/mol. The molecule has 316 valence electrons. The molecule has 0 bridgehead atoms. The Kier molecular flexibility index (Phi) is 16.4. The number of phosphoric ester groups is 1. The number of hydrogen-bond donors (Lipinski definition) is 1. The van der Waals surface area contributed by atoms with Gasteiger partial charge in [0.25, 0.3) is 0 Å². The predicted molar refractivity (Wildman–Crippen MR) is 202 cm³/mol. The minimum atomic E-state index is -5.55. The monoisotopic (exact) mass is 913 g/mol. The number of carbonyl (C=O) groups excluding carboxylic acids is 3. The van der Waals surface area contributed by atoms with Crippen LogP contribution in [0.2, 0.25) is 0 Å². The van der Waals surface area contributed by atoms with Crippen molar-refractivity contribution in [2.75, 3.05) is 6.79 Å². The van der Waals surface area contributed by atoms with Crippen molar-refractivity contribution in [1.29, 1.82) is 0 Å². The summed E-state index contributed by atoms with van der Waals surface area (Å²) in [6, 6.07) is 30.8. The first-order chi connectivity index (χ1) is 28.1. The molecule has 19 heteroatoms. The molecule has 1 amide bonds. The average Bonchev–Trinajstić information content (AvgIpc) is 3.21. The SMILES string of the molecule is CC(=O)OC([Se]c1ccccc1)[C@@]1(F)O[C@H](OP(=O)(OCc2ccccc2)OCc2ccccc2)[C@H](NC(=O)C(F)(F)F)[C@@H](OCOCc2ccccc2)[C@@H]1OC(C)=O. The second-order valence-corrected chi connectivity index (χ2v) is 16.7. The van der Waals surface area contributed by atoms with Crippen LogP contribution in [0, 0.1) is 0 Å². The number of carbonyl (C=O) groups is 3. The van der Waals surface area contributed by atoms with Gasteiger partial charge in [-0.3, -0.25) is 0 Å². The number of amides is 1. The van der Waals surface area contributed by atoms with E-state index >= 15 is 4.39 Å². The van der Waals surface area contributed by atoms with Crippen molar-refractivity contribution in [2.24, 2.45) is 0 Å². The van der Waals surface area contributed by atoms with Gasteiger partial charge in [-0.05, 0) is 0 Å². The summed E-state index contributed by atoms with van der Waals surface area (Å²) in [5.74, 6) is -8.32. The van der Waals surface area contributed by atoms with Crippen molar-refractivity contribution in [2.45, 2.75) is 75.2 Å². The molecule has 5 rings (SSSR count). The summed E-state index contributed by atoms with van der Waals surface area (Å²) in [7, 11) is -5.09. The molecule has 1 aliphatic rings. The van der Waals surface area contributed by atoms with E-state index in [-0.39, 0.29) is 6.61 Å². The number of esters is 2. The van der Waals surface area contributed by atoms with Crippen molar-refractivity contribution in [3.8, 4) is 0 Å². The summed E-state index contributed by atoms with van der Waals surface area (Å²) in [4.78, 5) is 38.0. The van der Waals surface area contributed by atoms with E-state index in [9.17, 15) is 32.1 Å². The van der Waals surface area contributed by atoms with Gasteiger partial charge in [-0.15, -0.1) is 0 Å². The molecule has 6 atom stereocenters. The van der Waals surface area contributed by atoms with Gasteiger partial charge in [0.2, 0.25) is 0 Å². The van der Waals surface area contributed by atoms with Gasteiger partial charge in [0.05, 0.1) is 0 Å². The van der Waals surface area contributed by atoms with Crippen LogP contribution >= 0.6 is 7.82 Å². The normalized spacial score (nSPS) is 21.3. The molecule has 13 nitrogen and oxygen atoms in total. The molecule has 0 saturated carbocycles. The van der Waals surface area contributed by atoms with Crippen LogP contribution in [0.5, 0.6) is 0 Å². The fourth-order valence-electron chi connectivity index (χ4n) is 5.56. The van der Waals surface area contributed by atoms with Gasteiger partial charge < -0.3 is 0 Å². The third-order valence-electron chi connectivity index (χ3n) is 8.21. The van der Waals surface area contributed by atoms with Crippen LogP contribution in [0.4, 0.5) is 17.6 Å². The molecule has 59 heavy (non-hydrogen) atoms. The van der Waals surface area contributed by atoms with E-state index in [0.717, 1.165) is 13.8 Å². The summed E-state index contributed by atoms with van der Waals surface area (Å²) in [5, 5.41) is -0.319. The molecule has 1 heterocycles. The number of rotatable bonds is 19. The Labute approximate surface area is 343 Å². The number of halogens is 4. The van der Waals surface area contributed by atoms with Gasteiger partial charge in [-0.1, -0.05) is 0 Å². The molecular formula is C40H40F4NO12PSe. The Bertz CT molecular complexity index is 1960. The molecule has 1 fully saturated rings. The zero-order valence-corrected chi connectivity index (χ0v) is 34.1. The fraction of sp³-hybridized carbons (Fsp3) is 0.325. The van der Waals surface area contributed by atoms with E-state index in [1.165, 1.54) is 0 Å². The van der Waals surface area contributed by atoms with E-state index in [1.807, 2.05) is 0 Å². The molecule has 0 radical (unpaired) electrons. The van der Waals surface area contributed by atoms with E-state index in [4.69, 9.17) is 37.3 Å². The first kappa shape index (κ1) is 45.6. The van der Waals surface area contributed by atoms with Gasteiger partial charge in [0, 0.05) is 0 Å². The Morgan fingerprint density at radius 1 is 0.780 bits per heavy atom. The van der Waals surface area contributed by atoms with Gasteiger partial charge in [0.1, 0.15) is 0 Å². The second-order valence-electron chi connectivity index (χ2n) is 12.7. The number of hydrogen-bond acceptors (Lipinski definition) is 12. The zero-order valence-electron chi connectivity index (χ0n) is 31.5.